The van der Waals surface area contributed by atoms with Gasteiger partial charge in [-0.3, -0.25) is 4.79 Å². The molecule has 1 atom stereocenters. The number of pyridine rings is 1. The van der Waals surface area contributed by atoms with Gasteiger partial charge in [0.25, 0.3) is 11.8 Å². The molecule has 1 aromatic carbocycles. The van der Waals surface area contributed by atoms with Gasteiger partial charge in [-0.25, -0.2) is 13.8 Å². The fourth-order valence-electron chi connectivity index (χ4n) is 3.67. The minimum absolute atomic E-state index is 0.0584. The maximum absolute atomic E-state index is 13.6. The van der Waals surface area contributed by atoms with Crippen LogP contribution in [0.2, 0.25) is 0 Å². The van der Waals surface area contributed by atoms with E-state index < -0.39 is 5.82 Å². The number of nitrogens with zero attached hydrogens (tertiary/aromatic N) is 4. The zero-order chi connectivity index (χ0) is 20.4. The van der Waals surface area contributed by atoms with Crippen LogP contribution in [0, 0.1) is 11.6 Å². The van der Waals surface area contributed by atoms with Gasteiger partial charge in [-0.15, -0.1) is 0 Å². The Labute approximate surface area is 166 Å². The van der Waals surface area contributed by atoms with Crippen LogP contribution in [-0.4, -0.2) is 38.5 Å². The molecule has 1 amide bonds. The third-order valence-electron chi connectivity index (χ3n) is 5.21. The molecule has 3 aromatic rings. The van der Waals surface area contributed by atoms with Crippen molar-refractivity contribution in [1.29, 1.82) is 0 Å². The normalized spacial score (nSPS) is 16.6. The summed E-state index contributed by atoms with van der Waals surface area (Å²) >= 11 is 0. The van der Waals surface area contributed by atoms with E-state index >= 15 is 0 Å². The maximum atomic E-state index is 13.6. The molecule has 0 N–H and O–H groups in total. The molecule has 8 heteroatoms. The van der Waals surface area contributed by atoms with Crippen LogP contribution < -0.4 is 0 Å². The number of aryl methyl sites for hydroxylation is 1. The molecule has 0 bridgehead atoms. The molecule has 3 heterocycles. The Morgan fingerprint density at radius 1 is 1.21 bits per heavy atom. The van der Waals surface area contributed by atoms with Gasteiger partial charge in [-0.1, -0.05) is 12.1 Å². The van der Waals surface area contributed by atoms with Gasteiger partial charge in [0.15, 0.2) is 5.82 Å². The number of carbonyl (C=O) groups is 1. The van der Waals surface area contributed by atoms with E-state index in [0.29, 0.717) is 36.5 Å². The first-order valence-corrected chi connectivity index (χ1v) is 9.59. The van der Waals surface area contributed by atoms with Gasteiger partial charge in [0.1, 0.15) is 17.3 Å². The molecule has 6 nitrogen and oxygen atoms in total. The summed E-state index contributed by atoms with van der Waals surface area (Å²) in [5.41, 5.74) is 1.69. The Hall–Kier alpha value is -3.16. The average molecular weight is 398 g/mol. The van der Waals surface area contributed by atoms with Crippen LogP contribution in [0.25, 0.3) is 11.6 Å². The highest BCUT2D eigenvalue weighted by Gasteiger charge is 2.29. The molecule has 2 aromatic heterocycles. The molecular weight excluding hydrogens is 378 g/mol. The van der Waals surface area contributed by atoms with Crippen LogP contribution in [0.4, 0.5) is 8.78 Å². The molecule has 1 aliphatic rings. The number of benzene rings is 1. The lowest BCUT2D eigenvalue weighted by molar-refractivity contribution is 0.0676. The van der Waals surface area contributed by atoms with Crippen molar-refractivity contribution in [2.45, 2.75) is 38.6 Å². The number of fused-ring (bicyclic) bond motifs is 1. The highest BCUT2D eigenvalue weighted by Crippen LogP contribution is 2.25. The SMILES string of the molecule is CCC1CCc2cc(F)ccc2C(=O)N1CCc1noc(-c2ccc(F)cn2)n1. The molecule has 0 saturated heterocycles. The van der Waals surface area contributed by atoms with Crippen LogP contribution >= 0.6 is 0 Å². The van der Waals surface area contributed by atoms with E-state index in [1.165, 1.54) is 24.3 Å². The van der Waals surface area contributed by atoms with Gasteiger partial charge < -0.3 is 9.42 Å². The van der Waals surface area contributed by atoms with Crippen LogP contribution in [0.5, 0.6) is 0 Å². The largest absolute Gasteiger partial charge is 0.335 e. The van der Waals surface area contributed by atoms with Crippen LogP contribution in [0.15, 0.2) is 41.1 Å². The fraction of sp³-hybridized carbons (Fsp3) is 0.333. The quantitative estimate of drug-likeness (QED) is 0.653. The van der Waals surface area contributed by atoms with Gasteiger partial charge in [-0.05, 0) is 55.2 Å². The highest BCUT2D eigenvalue weighted by molar-refractivity contribution is 5.96. The average Bonchev–Trinajstić information content (AvgIpc) is 3.14. The molecule has 0 radical (unpaired) electrons. The third-order valence-corrected chi connectivity index (χ3v) is 5.21. The summed E-state index contributed by atoms with van der Waals surface area (Å²) in [5, 5.41) is 3.95. The second-order valence-corrected chi connectivity index (χ2v) is 7.03. The van der Waals surface area contributed by atoms with Crippen LogP contribution in [0.1, 0.15) is 41.5 Å². The number of rotatable bonds is 5. The smallest absolute Gasteiger partial charge is 0.276 e. The van der Waals surface area contributed by atoms with E-state index in [9.17, 15) is 13.6 Å². The van der Waals surface area contributed by atoms with Crippen LogP contribution in [0.3, 0.4) is 0 Å². The van der Waals surface area contributed by atoms with E-state index in [2.05, 4.69) is 15.1 Å². The Balaban J connectivity index is 1.51. The molecule has 0 saturated carbocycles. The van der Waals surface area contributed by atoms with E-state index in [-0.39, 0.29) is 23.7 Å². The first kappa shape index (κ1) is 19.2. The van der Waals surface area contributed by atoms with Gasteiger partial charge in [0, 0.05) is 24.6 Å². The van der Waals surface area contributed by atoms with E-state index in [1.54, 1.807) is 6.07 Å². The zero-order valence-electron chi connectivity index (χ0n) is 15.9. The van der Waals surface area contributed by atoms with Crippen molar-refractivity contribution in [2.24, 2.45) is 0 Å². The van der Waals surface area contributed by atoms with Gasteiger partial charge in [0.05, 0.1) is 6.20 Å². The predicted octanol–water partition coefficient (Wildman–Crippen LogP) is 3.82. The Bertz CT molecular complexity index is 1020. The molecule has 150 valence electrons. The maximum Gasteiger partial charge on any atom is 0.276 e. The lowest BCUT2D eigenvalue weighted by Gasteiger charge is -2.29. The number of aromatic nitrogens is 3. The Morgan fingerprint density at radius 3 is 2.79 bits per heavy atom. The summed E-state index contributed by atoms with van der Waals surface area (Å²) in [7, 11) is 0. The van der Waals surface area contributed by atoms with E-state index in [1.807, 2.05) is 11.8 Å². The fourth-order valence-corrected chi connectivity index (χ4v) is 3.67. The predicted molar refractivity (Wildman–Crippen MR) is 101 cm³/mol. The minimum atomic E-state index is -0.445. The second kappa shape index (κ2) is 8.06. The number of hydrogen-bond donors (Lipinski definition) is 0. The van der Waals surface area contributed by atoms with E-state index in [4.69, 9.17) is 4.52 Å². The number of amides is 1. The van der Waals surface area contributed by atoms with Crippen LogP contribution in [-0.2, 0) is 12.8 Å². The van der Waals surface area contributed by atoms with Crippen molar-refractivity contribution in [3.63, 3.8) is 0 Å². The van der Waals surface area contributed by atoms with Gasteiger partial charge in [-0.2, -0.15) is 4.98 Å². The molecule has 0 aliphatic carbocycles. The summed E-state index contributed by atoms with van der Waals surface area (Å²) in [5.74, 6) is -0.230. The zero-order valence-corrected chi connectivity index (χ0v) is 15.9. The Morgan fingerprint density at radius 2 is 2.03 bits per heavy atom. The minimum Gasteiger partial charge on any atom is -0.335 e. The number of carbonyl (C=O) groups excluding carboxylic acids is 1. The number of halogens is 2. The first-order chi connectivity index (χ1) is 14.0. The lowest BCUT2D eigenvalue weighted by Crippen LogP contribution is -2.40. The standard InChI is InChI=1S/C21H20F2N4O2/c1-2-16-6-3-13-11-14(22)4-7-17(13)21(28)27(16)10-9-19-25-20(29-26-19)18-8-5-15(23)12-24-18/h4-5,7-8,11-12,16H,2-3,6,9-10H2,1H3. The van der Waals surface area contributed by atoms with Crippen molar-refractivity contribution in [1.82, 2.24) is 20.0 Å². The van der Waals surface area contributed by atoms with Crippen molar-refractivity contribution >= 4 is 5.91 Å². The molecule has 0 fully saturated rings. The Kier molecular flexibility index (Phi) is 5.33. The summed E-state index contributed by atoms with van der Waals surface area (Å²) in [6.45, 7) is 2.46. The molecule has 1 aliphatic heterocycles. The molecular formula is C21H20F2N4O2. The molecule has 0 spiro atoms. The summed E-state index contributed by atoms with van der Waals surface area (Å²) in [6, 6.07) is 7.13. The molecule has 4 rings (SSSR count). The summed E-state index contributed by atoms with van der Waals surface area (Å²) in [6.07, 6.45) is 3.73. The van der Waals surface area contributed by atoms with Crippen molar-refractivity contribution in [3.05, 3.63) is 65.1 Å². The molecule has 29 heavy (non-hydrogen) atoms. The van der Waals surface area contributed by atoms with Crippen molar-refractivity contribution in [2.75, 3.05) is 6.54 Å². The van der Waals surface area contributed by atoms with Gasteiger partial charge in [0.2, 0.25) is 0 Å². The van der Waals surface area contributed by atoms with Gasteiger partial charge >= 0.3 is 0 Å². The van der Waals surface area contributed by atoms with Crippen molar-refractivity contribution in [3.8, 4) is 11.6 Å². The highest BCUT2D eigenvalue weighted by atomic mass is 19.1. The van der Waals surface area contributed by atoms with E-state index in [0.717, 1.165) is 24.6 Å². The summed E-state index contributed by atoms with van der Waals surface area (Å²) in [4.78, 5) is 23.1. The lowest BCUT2D eigenvalue weighted by atomic mass is 10.0. The third kappa shape index (κ3) is 4.01. The first-order valence-electron chi connectivity index (χ1n) is 9.59. The summed E-state index contributed by atoms with van der Waals surface area (Å²) < 4.78 is 31.8. The number of hydrogen-bond acceptors (Lipinski definition) is 5. The monoisotopic (exact) mass is 398 g/mol. The molecule has 1 unspecified atom stereocenters. The van der Waals surface area contributed by atoms with Crippen molar-refractivity contribution < 1.29 is 18.1 Å². The topological polar surface area (TPSA) is 72.1 Å². The second-order valence-electron chi connectivity index (χ2n) is 7.03.